The van der Waals surface area contributed by atoms with Crippen molar-refractivity contribution < 1.29 is 8.42 Å². The van der Waals surface area contributed by atoms with Crippen LogP contribution < -0.4 is 4.31 Å². The van der Waals surface area contributed by atoms with Crippen LogP contribution in [0.4, 0.5) is 5.69 Å². The Labute approximate surface area is 131 Å². The van der Waals surface area contributed by atoms with Gasteiger partial charge in [0, 0.05) is 18.6 Å². The van der Waals surface area contributed by atoms with Gasteiger partial charge in [0.2, 0.25) is 0 Å². The number of nitrogens with zero attached hydrogens (tertiary/aromatic N) is 3. The smallest absolute Gasteiger partial charge is 0.278 e. The van der Waals surface area contributed by atoms with E-state index in [1.807, 2.05) is 19.1 Å². The number of aromatic nitrogens is 2. The van der Waals surface area contributed by atoms with Crippen molar-refractivity contribution in [3.63, 3.8) is 0 Å². The summed E-state index contributed by atoms with van der Waals surface area (Å²) in [4.78, 5) is 4.63. The predicted molar refractivity (Wildman–Crippen MR) is 84.8 cm³/mol. The molecule has 0 bridgehead atoms. The minimum Gasteiger partial charge on any atom is -0.278 e. The molecule has 0 unspecified atom stereocenters. The molecule has 0 saturated heterocycles. The Balaban J connectivity index is 2.16. The second-order valence-electron chi connectivity index (χ2n) is 4.57. The maximum Gasteiger partial charge on any atom is 0.283 e. The van der Waals surface area contributed by atoms with Gasteiger partial charge in [0.25, 0.3) is 10.0 Å². The van der Waals surface area contributed by atoms with Crippen molar-refractivity contribution in [3.8, 4) is 0 Å². The number of hydrogen-bond acceptors (Lipinski definition) is 4. The molecule has 110 valence electrons. The van der Waals surface area contributed by atoms with E-state index in [0.717, 1.165) is 5.56 Å². The molecule has 0 radical (unpaired) electrons. The quantitative estimate of drug-likeness (QED) is 0.735. The lowest BCUT2D eigenvalue weighted by atomic mass is 10.2. The molecule has 2 heterocycles. The summed E-state index contributed by atoms with van der Waals surface area (Å²) < 4.78 is 28.4. The van der Waals surface area contributed by atoms with Gasteiger partial charge in [0.1, 0.15) is 0 Å². The largest absolute Gasteiger partial charge is 0.283 e. The average molecular weight is 342 g/mol. The van der Waals surface area contributed by atoms with E-state index in [1.165, 1.54) is 27.1 Å². The molecule has 0 saturated carbocycles. The maximum atomic E-state index is 12.8. The van der Waals surface area contributed by atoms with Crippen molar-refractivity contribution in [2.75, 3.05) is 11.4 Å². The zero-order valence-corrected chi connectivity index (χ0v) is 13.7. The number of thiazole rings is 1. The van der Waals surface area contributed by atoms with Gasteiger partial charge < -0.3 is 0 Å². The lowest BCUT2D eigenvalue weighted by Gasteiger charge is -2.19. The van der Waals surface area contributed by atoms with Gasteiger partial charge in [0.05, 0.1) is 5.69 Å². The standard InChI is InChI=1S/C13H12ClN3O2S2/c1-9-4-3-5-10(8-9)16(2)21(18,19)12-11(14)15-13-17(12)6-7-20-13/h3-8H,1-2H3. The van der Waals surface area contributed by atoms with Crippen LogP contribution in [-0.4, -0.2) is 24.9 Å². The molecule has 0 aliphatic rings. The minimum atomic E-state index is -3.78. The molecule has 2 aromatic heterocycles. The van der Waals surface area contributed by atoms with Crippen molar-refractivity contribution in [3.05, 3.63) is 46.6 Å². The zero-order chi connectivity index (χ0) is 15.2. The minimum absolute atomic E-state index is 0.00979. The predicted octanol–water partition coefficient (Wildman–Crippen LogP) is 3.18. The molecule has 3 rings (SSSR count). The van der Waals surface area contributed by atoms with Gasteiger partial charge >= 0.3 is 0 Å². The molecule has 1 aromatic carbocycles. The van der Waals surface area contributed by atoms with E-state index in [9.17, 15) is 8.42 Å². The van der Waals surface area contributed by atoms with Crippen LogP contribution in [0.5, 0.6) is 0 Å². The van der Waals surface area contributed by atoms with Crippen LogP contribution >= 0.6 is 22.9 Å². The molecule has 21 heavy (non-hydrogen) atoms. The molecule has 5 nitrogen and oxygen atoms in total. The van der Waals surface area contributed by atoms with E-state index in [4.69, 9.17) is 11.6 Å². The fourth-order valence-electron chi connectivity index (χ4n) is 2.06. The Morgan fingerprint density at radius 3 is 2.86 bits per heavy atom. The first-order valence-electron chi connectivity index (χ1n) is 6.08. The molecule has 3 aromatic rings. The molecule has 8 heteroatoms. The van der Waals surface area contributed by atoms with E-state index >= 15 is 0 Å². The van der Waals surface area contributed by atoms with Gasteiger partial charge in [-0.25, -0.2) is 4.98 Å². The number of imidazole rings is 1. The SMILES string of the molecule is Cc1cccc(N(C)S(=O)(=O)c2c(Cl)nc3sccn23)c1. The van der Waals surface area contributed by atoms with Crippen molar-refractivity contribution >= 4 is 43.6 Å². The summed E-state index contributed by atoms with van der Waals surface area (Å²) >= 11 is 7.36. The van der Waals surface area contributed by atoms with E-state index in [-0.39, 0.29) is 10.2 Å². The lowest BCUT2D eigenvalue weighted by Crippen LogP contribution is -2.27. The topological polar surface area (TPSA) is 54.7 Å². The Morgan fingerprint density at radius 1 is 1.38 bits per heavy atom. The Morgan fingerprint density at radius 2 is 2.14 bits per heavy atom. The Hall–Kier alpha value is -1.57. The lowest BCUT2D eigenvalue weighted by molar-refractivity contribution is 0.590. The number of rotatable bonds is 3. The van der Waals surface area contributed by atoms with Crippen LogP contribution in [0.1, 0.15) is 5.56 Å². The molecule has 0 N–H and O–H groups in total. The summed E-state index contributed by atoms with van der Waals surface area (Å²) in [5.41, 5.74) is 1.56. The van der Waals surface area contributed by atoms with Gasteiger partial charge in [-0.15, -0.1) is 11.3 Å². The van der Waals surface area contributed by atoms with Gasteiger partial charge in [-0.3, -0.25) is 8.71 Å². The zero-order valence-electron chi connectivity index (χ0n) is 11.3. The van der Waals surface area contributed by atoms with Gasteiger partial charge in [-0.05, 0) is 24.6 Å². The highest BCUT2D eigenvalue weighted by atomic mass is 35.5. The van der Waals surface area contributed by atoms with Crippen LogP contribution in [0.15, 0.2) is 40.9 Å². The summed E-state index contributed by atoms with van der Waals surface area (Å²) in [7, 11) is -2.28. The third-order valence-corrected chi connectivity index (χ3v) is 6.09. The van der Waals surface area contributed by atoms with Gasteiger partial charge in [-0.2, -0.15) is 8.42 Å². The molecule has 0 atom stereocenters. The van der Waals surface area contributed by atoms with Gasteiger partial charge in [-0.1, -0.05) is 23.7 Å². The van der Waals surface area contributed by atoms with E-state index in [0.29, 0.717) is 10.6 Å². The number of benzene rings is 1. The molecule has 0 fully saturated rings. The molecular formula is C13H12ClN3O2S2. The van der Waals surface area contributed by atoms with Crippen LogP contribution in [0.2, 0.25) is 5.15 Å². The highest BCUT2D eigenvalue weighted by Crippen LogP contribution is 2.30. The molecule has 0 amide bonds. The van der Waals surface area contributed by atoms with Crippen LogP contribution in [-0.2, 0) is 10.0 Å². The third-order valence-electron chi connectivity index (χ3n) is 3.15. The first kappa shape index (κ1) is 14.4. The number of halogens is 1. The first-order chi connectivity index (χ1) is 9.91. The highest BCUT2D eigenvalue weighted by Gasteiger charge is 2.29. The number of aryl methyl sites for hydroxylation is 1. The molecule has 0 aliphatic carbocycles. The second-order valence-corrected chi connectivity index (χ2v) is 7.69. The van der Waals surface area contributed by atoms with E-state index < -0.39 is 10.0 Å². The normalized spacial score (nSPS) is 12.0. The summed E-state index contributed by atoms with van der Waals surface area (Å²) in [6.07, 6.45) is 1.65. The summed E-state index contributed by atoms with van der Waals surface area (Å²) in [5, 5.41) is 1.75. The van der Waals surface area contributed by atoms with Crippen molar-refractivity contribution in [2.45, 2.75) is 11.9 Å². The number of hydrogen-bond donors (Lipinski definition) is 0. The number of anilines is 1. The molecular weight excluding hydrogens is 330 g/mol. The number of fused-ring (bicyclic) bond motifs is 1. The monoisotopic (exact) mass is 341 g/mol. The summed E-state index contributed by atoms with van der Waals surface area (Å²) in [6.45, 7) is 1.91. The summed E-state index contributed by atoms with van der Waals surface area (Å²) in [6, 6.07) is 7.27. The Kier molecular flexibility index (Phi) is 3.43. The first-order valence-corrected chi connectivity index (χ1v) is 8.77. The highest BCUT2D eigenvalue weighted by molar-refractivity contribution is 7.92. The second kappa shape index (κ2) is 5.01. The maximum absolute atomic E-state index is 12.8. The van der Waals surface area contributed by atoms with Crippen LogP contribution in [0.25, 0.3) is 4.96 Å². The third kappa shape index (κ3) is 2.31. The van der Waals surface area contributed by atoms with Gasteiger partial charge in [0.15, 0.2) is 15.1 Å². The number of sulfonamides is 1. The van der Waals surface area contributed by atoms with E-state index in [1.54, 1.807) is 23.7 Å². The fraction of sp³-hybridized carbons (Fsp3) is 0.154. The average Bonchev–Trinajstić information content (AvgIpc) is 2.97. The van der Waals surface area contributed by atoms with Crippen LogP contribution in [0, 0.1) is 6.92 Å². The Bertz CT molecular complexity index is 915. The van der Waals surface area contributed by atoms with Crippen LogP contribution in [0.3, 0.4) is 0 Å². The molecule has 0 aliphatic heterocycles. The van der Waals surface area contributed by atoms with Crippen molar-refractivity contribution in [1.29, 1.82) is 0 Å². The summed E-state index contributed by atoms with van der Waals surface area (Å²) in [5.74, 6) is 0. The van der Waals surface area contributed by atoms with Crippen molar-refractivity contribution in [1.82, 2.24) is 9.38 Å². The van der Waals surface area contributed by atoms with E-state index in [2.05, 4.69) is 4.98 Å². The van der Waals surface area contributed by atoms with Crippen molar-refractivity contribution in [2.24, 2.45) is 0 Å². The molecule has 0 spiro atoms. The fourth-order valence-corrected chi connectivity index (χ4v) is 4.65.